The van der Waals surface area contributed by atoms with Crippen molar-refractivity contribution in [3.05, 3.63) is 36.5 Å². The van der Waals surface area contributed by atoms with E-state index in [1.165, 1.54) is 231 Å². The van der Waals surface area contributed by atoms with E-state index in [2.05, 4.69) is 50.4 Å². The fourth-order valence-corrected chi connectivity index (χ4v) is 11.4. The van der Waals surface area contributed by atoms with Gasteiger partial charge in [-0.05, 0) is 57.8 Å². The van der Waals surface area contributed by atoms with Gasteiger partial charge in [0.25, 0.3) is 0 Å². The summed E-state index contributed by atoms with van der Waals surface area (Å²) in [4.78, 5) is 26.7. The fourth-order valence-electron chi connectivity index (χ4n) is 11.4. The van der Waals surface area contributed by atoms with Crippen LogP contribution in [-0.4, -0.2) is 99.6 Å². The lowest BCUT2D eigenvalue weighted by molar-refractivity contribution is -0.305. The molecule has 8 unspecified atom stereocenters. The van der Waals surface area contributed by atoms with E-state index in [4.69, 9.17) is 14.2 Å². The Bertz CT molecular complexity index is 1490. The Morgan fingerprint density at radius 1 is 0.470 bits per heavy atom. The van der Waals surface area contributed by atoms with Crippen LogP contribution < -0.4 is 5.32 Å². The number of carbonyl (C=O) groups excluding carboxylic acids is 2. The lowest BCUT2D eigenvalue weighted by atomic mass is 9.99. The van der Waals surface area contributed by atoms with Crippen LogP contribution in [0.5, 0.6) is 0 Å². The van der Waals surface area contributed by atoms with Crippen LogP contribution in [0.15, 0.2) is 36.5 Å². The fraction of sp³-hybridized carbons (Fsp3) is 0.889. The summed E-state index contributed by atoms with van der Waals surface area (Å²) < 4.78 is 17.7. The number of rotatable bonds is 62. The van der Waals surface area contributed by atoms with E-state index in [1.54, 1.807) is 6.08 Å². The highest BCUT2D eigenvalue weighted by atomic mass is 16.7. The Morgan fingerprint density at radius 2 is 0.831 bits per heavy atom. The maximum Gasteiger partial charge on any atom is 0.306 e. The molecule has 1 fully saturated rings. The minimum atomic E-state index is -1.61. The molecule has 1 saturated heterocycles. The molecule has 0 aliphatic carbocycles. The van der Waals surface area contributed by atoms with Gasteiger partial charge in [-0.1, -0.05) is 320 Å². The van der Waals surface area contributed by atoms with Gasteiger partial charge >= 0.3 is 5.97 Å². The highest BCUT2D eigenvalue weighted by Gasteiger charge is 2.47. The zero-order valence-corrected chi connectivity index (χ0v) is 54.3. The molecule has 0 bridgehead atoms. The molecule has 1 rings (SSSR count). The standard InChI is InChI=1S/C72H135NO10/c1-4-7-10-13-16-19-22-25-27-29-31-32-33-35-36-38-41-44-47-50-53-56-59-65(76)71(80)73-63(64(75)58-55-52-49-46-43-40-24-21-18-15-12-9-6-3)62-81-72-70(69(79)68(78)66(61-74)82-72)83-67(77)60-57-54-51-48-45-42-39-37-34-30-28-26-23-20-17-14-11-8-5-2/h17,20,26,28,55,58,63-66,68-70,72,74-76,78-79H,4-16,18-19,21-25,27,29-54,56-57,59-62H2,1-3H3,(H,73,80)/b20-17-,28-26-,58-55+. The smallest absolute Gasteiger partial charge is 0.306 e. The Morgan fingerprint density at radius 3 is 1.25 bits per heavy atom. The molecule has 8 atom stereocenters. The minimum Gasteiger partial charge on any atom is -0.454 e. The number of carbonyl (C=O) groups is 2. The molecule has 0 aromatic heterocycles. The van der Waals surface area contributed by atoms with Crippen LogP contribution in [-0.2, 0) is 23.8 Å². The van der Waals surface area contributed by atoms with E-state index >= 15 is 0 Å². The molecule has 1 aliphatic rings. The zero-order chi connectivity index (χ0) is 60.3. The van der Waals surface area contributed by atoms with Crippen LogP contribution in [0.1, 0.15) is 348 Å². The Kier molecular flexibility index (Phi) is 57.2. The van der Waals surface area contributed by atoms with Gasteiger partial charge in [0.1, 0.15) is 24.4 Å². The molecule has 11 nitrogen and oxygen atoms in total. The van der Waals surface area contributed by atoms with E-state index in [0.29, 0.717) is 19.3 Å². The molecule has 0 saturated carbocycles. The molecular formula is C72H135NO10. The van der Waals surface area contributed by atoms with Crippen molar-refractivity contribution in [2.24, 2.45) is 0 Å². The number of nitrogens with one attached hydrogen (secondary N) is 1. The maximum absolute atomic E-state index is 13.5. The van der Waals surface area contributed by atoms with E-state index in [1.807, 2.05) is 6.08 Å². The van der Waals surface area contributed by atoms with Crippen LogP contribution >= 0.6 is 0 Å². The van der Waals surface area contributed by atoms with E-state index in [0.717, 1.165) is 70.6 Å². The maximum atomic E-state index is 13.5. The van der Waals surface area contributed by atoms with Gasteiger partial charge in [-0.2, -0.15) is 0 Å². The number of ether oxygens (including phenoxy) is 3. The van der Waals surface area contributed by atoms with Crippen molar-refractivity contribution in [2.45, 2.75) is 397 Å². The van der Waals surface area contributed by atoms with Gasteiger partial charge in [-0.25, -0.2) is 0 Å². The van der Waals surface area contributed by atoms with Crippen molar-refractivity contribution in [3.63, 3.8) is 0 Å². The summed E-state index contributed by atoms with van der Waals surface area (Å²) in [5.74, 6) is -1.18. The van der Waals surface area contributed by atoms with Gasteiger partial charge in [0.05, 0.1) is 25.4 Å². The van der Waals surface area contributed by atoms with Crippen LogP contribution in [0.25, 0.3) is 0 Å². The van der Waals surface area contributed by atoms with E-state index in [-0.39, 0.29) is 13.0 Å². The monoisotopic (exact) mass is 1170 g/mol. The molecule has 83 heavy (non-hydrogen) atoms. The van der Waals surface area contributed by atoms with Crippen LogP contribution in [0.3, 0.4) is 0 Å². The molecule has 1 heterocycles. The highest BCUT2D eigenvalue weighted by Crippen LogP contribution is 2.26. The third kappa shape index (κ3) is 47.6. The lowest BCUT2D eigenvalue weighted by Crippen LogP contribution is -2.61. The first-order valence-corrected chi connectivity index (χ1v) is 35.8. The molecule has 6 N–H and O–H groups in total. The highest BCUT2D eigenvalue weighted by molar-refractivity contribution is 5.80. The molecule has 0 radical (unpaired) electrons. The van der Waals surface area contributed by atoms with Gasteiger partial charge in [0.15, 0.2) is 12.4 Å². The summed E-state index contributed by atoms with van der Waals surface area (Å²) in [5.41, 5.74) is 0. The average molecular weight is 1170 g/mol. The van der Waals surface area contributed by atoms with Crippen molar-refractivity contribution in [2.75, 3.05) is 13.2 Å². The second-order valence-electron chi connectivity index (χ2n) is 25.0. The molecule has 11 heteroatoms. The molecule has 0 aromatic rings. The van der Waals surface area contributed by atoms with Gasteiger partial charge in [-0.15, -0.1) is 0 Å². The normalized spacial score (nSPS) is 18.7. The second kappa shape index (κ2) is 60.2. The number of aliphatic hydroxyl groups is 5. The van der Waals surface area contributed by atoms with Gasteiger partial charge in [-0.3, -0.25) is 9.59 Å². The second-order valence-corrected chi connectivity index (χ2v) is 25.0. The Balaban J connectivity index is 2.59. The van der Waals surface area contributed by atoms with Crippen molar-refractivity contribution in [1.29, 1.82) is 0 Å². The summed E-state index contributed by atoms with van der Waals surface area (Å²) in [6, 6.07) is -1.02. The summed E-state index contributed by atoms with van der Waals surface area (Å²) in [6.07, 6.45) is 63.2. The number of esters is 1. The van der Waals surface area contributed by atoms with Crippen molar-refractivity contribution < 1.29 is 49.3 Å². The zero-order valence-electron chi connectivity index (χ0n) is 54.3. The average Bonchev–Trinajstić information content (AvgIpc) is 3.58. The number of allylic oxidation sites excluding steroid dienone is 5. The predicted octanol–water partition coefficient (Wildman–Crippen LogP) is 18.2. The van der Waals surface area contributed by atoms with E-state index < -0.39 is 67.4 Å². The van der Waals surface area contributed by atoms with Gasteiger partial charge in [0.2, 0.25) is 5.91 Å². The largest absolute Gasteiger partial charge is 0.454 e. The first kappa shape index (κ1) is 78.9. The van der Waals surface area contributed by atoms with Crippen molar-refractivity contribution in [1.82, 2.24) is 5.32 Å². The quantitative estimate of drug-likeness (QED) is 0.0195. The van der Waals surface area contributed by atoms with Gasteiger partial charge < -0.3 is 45.1 Å². The third-order valence-electron chi connectivity index (χ3n) is 17.0. The number of hydrogen-bond acceptors (Lipinski definition) is 10. The number of unbranched alkanes of at least 4 members (excludes halogenated alkanes) is 44. The van der Waals surface area contributed by atoms with Crippen LogP contribution in [0, 0.1) is 0 Å². The third-order valence-corrected chi connectivity index (χ3v) is 17.0. The Labute approximate surface area is 511 Å². The summed E-state index contributed by atoms with van der Waals surface area (Å²) >= 11 is 0. The molecule has 488 valence electrons. The molecular weight excluding hydrogens is 1040 g/mol. The number of amides is 1. The topological polar surface area (TPSA) is 175 Å². The molecule has 1 amide bonds. The van der Waals surface area contributed by atoms with Crippen molar-refractivity contribution >= 4 is 11.9 Å². The number of aliphatic hydroxyl groups excluding tert-OH is 5. The summed E-state index contributed by atoms with van der Waals surface area (Å²) in [7, 11) is 0. The van der Waals surface area contributed by atoms with Crippen molar-refractivity contribution in [3.8, 4) is 0 Å². The first-order chi connectivity index (χ1) is 40.7. The van der Waals surface area contributed by atoms with Gasteiger partial charge in [0, 0.05) is 6.42 Å². The minimum absolute atomic E-state index is 0.121. The molecule has 1 aliphatic heterocycles. The SMILES string of the molecule is CCCCC/C=C\C/C=C\CCCCCCCCCCCC(=O)OC1C(OCC(NC(=O)C(O)CCCCCCCCCCCCCCCCCCCCCCCC)C(O)/C=C/CCCCCCCCCCCCC)OC(CO)C(O)C1O. The first-order valence-electron chi connectivity index (χ1n) is 35.8. The van der Waals surface area contributed by atoms with Crippen LogP contribution in [0.2, 0.25) is 0 Å². The van der Waals surface area contributed by atoms with E-state index in [9.17, 15) is 35.1 Å². The Hall–Kier alpha value is -2.12. The summed E-state index contributed by atoms with van der Waals surface area (Å²) in [5, 5.41) is 57.3. The van der Waals surface area contributed by atoms with Crippen LogP contribution in [0.4, 0.5) is 0 Å². The lowest BCUT2D eigenvalue weighted by Gasteiger charge is -2.41. The molecule has 0 spiro atoms. The molecule has 0 aromatic carbocycles. The summed E-state index contributed by atoms with van der Waals surface area (Å²) in [6.45, 7) is 5.82. The number of hydrogen-bond donors (Lipinski definition) is 6. The predicted molar refractivity (Wildman–Crippen MR) is 347 cm³/mol.